The Bertz CT molecular complexity index is 1170. The molecule has 4 rings (SSSR count). The van der Waals surface area contributed by atoms with Crippen LogP contribution in [0, 0.1) is 5.82 Å². The number of nitrogens with one attached hydrogen (secondary N) is 2. The molecular weight excluding hydrogens is 499 g/mol. The lowest BCUT2D eigenvalue weighted by Crippen LogP contribution is -2.36. The first-order valence-corrected chi connectivity index (χ1v) is 13.2. The van der Waals surface area contributed by atoms with Crippen LogP contribution in [0.3, 0.4) is 0 Å². The van der Waals surface area contributed by atoms with Crippen molar-refractivity contribution in [1.82, 2.24) is 5.32 Å². The molecule has 3 amide bonds. The average molecular weight is 529 g/mol. The predicted molar refractivity (Wildman–Crippen MR) is 141 cm³/mol. The van der Waals surface area contributed by atoms with E-state index in [0.717, 1.165) is 11.5 Å². The largest absolute Gasteiger partial charge is 0.442 e. The lowest BCUT2D eigenvalue weighted by atomic mass is 10.1. The third-order valence-electron chi connectivity index (χ3n) is 6.09. The van der Waals surface area contributed by atoms with Crippen molar-refractivity contribution in [3.63, 3.8) is 0 Å². The Labute approximate surface area is 218 Å². The highest BCUT2D eigenvalue weighted by Crippen LogP contribution is 2.35. The van der Waals surface area contributed by atoms with Crippen LogP contribution in [0.25, 0.3) is 0 Å². The standard InChI is InChI=1S/C26H29FN4O5S/c1-17(32)29-19-7-5-18(6-8-19)23(33)9-10-24(34)28-15-20-16-31(26(35)36-20)22-4-2-3-21(27)25(22)30-11-13-37-14-12-30/h2-8,20H,9-16H2,1H3,(H,28,34)(H,29,32). The quantitative estimate of drug-likeness (QED) is 0.480. The molecule has 196 valence electrons. The van der Waals surface area contributed by atoms with E-state index < -0.39 is 12.2 Å². The zero-order valence-corrected chi connectivity index (χ0v) is 21.3. The van der Waals surface area contributed by atoms with Gasteiger partial charge in [0.15, 0.2) is 5.78 Å². The second-order valence-corrected chi connectivity index (χ2v) is 10.0. The summed E-state index contributed by atoms with van der Waals surface area (Å²) in [6.07, 6.45) is -1.18. The molecule has 2 fully saturated rings. The van der Waals surface area contributed by atoms with Crippen LogP contribution < -0.4 is 20.4 Å². The number of nitrogens with zero attached hydrogens (tertiary/aromatic N) is 2. The molecule has 2 aliphatic rings. The summed E-state index contributed by atoms with van der Waals surface area (Å²) in [5.74, 6) is 0.649. The number of rotatable bonds is 9. The zero-order valence-electron chi connectivity index (χ0n) is 20.5. The van der Waals surface area contributed by atoms with Crippen LogP contribution in [0.5, 0.6) is 0 Å². The SMILES string of the molecule is CC(=O)Nc1ccc(C(=O)CCC(=O)NCC2CN(c3cccc(F)c3N3CCSCC3)C(=O)O2)cc1. The molecule has 0 aromatic heterocycles. The molecule has 37 heavy (non-hydrogen) atoms. The number of benzene rings is 2. The molecular formula is C26H29FN4O5S. The summed E-state index contributed by atoms with van der Waals surface area (Å²) >= 11 is 1.81. The van der Waals surface area contributed by atoms with Crippen molar-refractivity contribution < 1.29 is 28.3 Å². The summed E-state index contributed by atoms with van der Waals surface area (Å²) in [6, 6.07) is 11.1. The normalized spacial score (nSPS) is 17.4. The fraction of sp³-hybridized carbons (Fsp3) is 0.385. The molecule has 9 nitrogen and oxygen atoms in total. The number of Topliss-reactive ketones (excluding diaryl/α,β-unsaturated/α-hetero) is 1. The molecule has 2 aromatic rings. The topological polar surface area (TPSA) is 108 Å². The van der Waals surface area contributed by atoms with Crippen LogP contribution in [0.4, 0.5) is 26.2 Å². The second kappa shape index (κ2) is 12.1. The van der Waals surface area contributed by atoms with Gasteiger partial charge in [-0.05, 0) is 36.4 Å². The van der Waals surface area contributed by atoms with Gasteiger partial charge in [-0.3, -0.25) is 19.3 Å². The Morgan fingerprint density at radius 3 is 2.51 bits per heavy atom. The number of hydrogen-bond donors (Lipinski definition) is 2. The maximum Gasteiger partial charge on any atom is 0.414 e. The van der Waals surface area contributed by atoms with Gasteiger partial charge in [-0.15, -0.1) is 0 Å². The van der Waals surface area contributed by atoms with E-state index in [2.05, 4.69) is 10.6 Å². The molecule has 0 radical (unpaired) electrons. The molecule has 0 aliphatic carbocycles. The van der Waals surface area contributed by atoms with Gasteiger partial charge in [-0.25, -0.2) is 9.18 Å². The number of cyclic esters (lactones) is 1. The van der Waals surface area contributed by atoms with Crippen LogP contribution in [0.1, 0.15) is 30.1 Å². The molecule has 2 aliphatic heterocycles. The average Bonchev–Trinajstić information content (AvgIpc) is 3.26. The number of carbonyl (C=O) groups excluding carboxylic acids is 4. The Balaban J connectivity index is 1.28. The second-order valence-electron chi connectivity index (χ2n) is 8.81. The third kappa shape index (κ3) is 6.79. The van der Waals surface area contributed by atoms with Gasteiger partial charge < -0.3 is 20.3 Å². The van der Waals surface area contributed by atoms with E-state index in [1.165, 1.54) is 17.9 Å². The first-order chi connectivity index (χ1) is 17.8. The van der Waals surface area contributed by atoms with Gasteiger partial charge in [0.25, 0.3) is 0 Å². The molecule has 2 saturated heterocycles. The molecule has 0 bridgehead atoms. The van der Waals surface area contributed by atoms with E-state index >= 15 is 0 Å². The van der Waals surface area contributed by atoms with E-state index in [1.807, 2.05) is 16.7 Å². The lowest BCUT2D eigenvalue weighted by Gasteiger charge is -2.32. The summed E-state index contributed by atoms with van der Waals surface area (Å²) in [5, 5.41) is 5.34. The zero-order chi connectivity index (χ0) is 26.4. The number of ketones is 1. The molecule has 0 saturated carbocycles. The number of anilines is 3. The molecule has 2 heterocycles. The molecule has 1 atom stereocenters. The van der Waals surface area contributed by atoms with E-state index in [-0.39, 0.29) is 49.3 Å². The van der Waals surface area contributed by atoms with Gasteiger partial charge in [-0.2, -0.15) is 11.8 Å². The number of carbonyl (C=O) groups is 4. The Morgan fingerprint density at radius 1 is 1.08 bits per heavy atom. The van der Waals surface area contributed by atoms with Gasteiger partial charge in [-0.1, -0.05) is 6.07 Å². The number of ether oxygens (including phenoxy) is 1. The van der Waals surface area contributed by atoms with Crippen LogP contribution in [0.2, 0.25) is 0 Å². The predicted octanol–water partition coefficient (Wildman–Crippen LogP) is 3.44. The van der Waals surface area contributed by atoms with Crippen molar-refractivity contribution in [2.24, 2.45) is 0 Å². The van der Waals surface area contributed by atoms with Crippen LogP contribution in [-0.4, -0.2) is 67.5 Å². The first kappa shape index (κ1) is 26.5. The highest BCUT2D eigenvalue weighted by molar-refractivity contribution is 7.99. The molecule has 1 unspecified atom stereocenters. The monoisotopic (exact) mass is 528 g/mol. The number of halogens is 1. The fourth-order valence-electron chi connectivity index (χ4n) is 4.28. The summed E-state index contributed by atoms with van der Waals surface area (Å²) in [4.78, 5) is 51.8. The smallest absolute Gasteiger partial charge is 0.414 e. The number of para-hydroxylation sites is 1. The molecule has 0 spiro atoms. The number of amides is 3. The van der Waals surface area contributed by atoms with Crippen LogP contribution >= 0.6 is 11.8 Å². The van der Waals surface area contributed by atoms with Crippen LogP contribution in [-0.2, 0) is 14.3 Å². The first-order valence-electron chi connectivity index (χ1n) is 12.1. The molecule has 11 heteroatoms. The van der Waals surface area contributed by atoms with Crippen molar-refractivity contribution in [2.75, 3.05) is 52.8 Å². The molecule has 2 N–H and O–H groups in total. The maximum atomic E-state index is 14.8. The lowest BCUT2D eigenvalue weighted by molar-refractivity contribution is -0.121. The van der Waals surface area contributed by atoms with Crippen molar-refractivity contribution >= 4 is 52.5 Å². The fourth-order valence-corrected chi connectivity index (χ4v) is 5.18. The van der Waals surface area contributed by atoms with Crippen molar-refractivity contribution in [3.05, 3.63) is 53.8 Å². The summed E-state index contributed by atoms with van der Waals surface area (Å²) in [6.45, 7) is 3.05. The summed E-state index contributed by atoms with van der Waals surface area (Å²) in [5.41, 5.74) is 1.89. The van der Waals surface area contributed by atoms with Crippen molar-refractivity contribution in [2.45, 2.75) is 25.9 Å². The van der Waals surface area contributed by atoms with E-state index in [4.69, 9.17) is 4.74 Å². The Kier molecular flexibility index (Phi) is 8.65. The van der Waals surface area contributed by atoms with Gasteiger partial charge in [0, 0.05) is 55.6 Å². The highest BCUT2D eigenvalue weighted by atomic mass is 32.2. The van der Waals surface area contributed by atoms with Gasteiger partial charge in [0.05, 0.1) is 24.5 Å². The van der Waals surface area contributed by atoms with Crippen LogP contribution in [0.15, 0.2) is 42.5 Å². The van der Waals surface area contributed by atoms with E-state index in [1.54, 1.807) is 36.4 Å². The Morgan fingerprint density at radius 2 is 1.81 bits per heavy atom. The van der Waals surface area contributed by atoms with Gasteiger partial charge >= 0.3 is 6.09 Å². The molecule has 2 aromatic carbocycles. The van der Waals surface area contributed by atoms with E-state index in [9.17, 15) is 23.6 Å². The minimum Gasteiger partial charge on any atom is -0.442 e. The third-order valence-corrected chi connectivity index (χ3v) is 7.03. The maximum absolute atomic E-state index is 14.8. The number of hydrogen-bond acceptors (Lipinski definition) is 7. The summed E-state index contributed by atoms with van der Waals surface area (Å²) < 4.78 is 20.2. The van der Waals surface area contributed by atoms with Crippen molar-refractivity contribution in [1.29, 1.82) is 0 Å². The minimum atomic E-state index is -0.596. The van der Waals surface area contributed by atoms with Crippen molar-refractivity contribution in [3.8, 4) is 0 Å². The minimum absolute atomic E-state index is 0.0162. The number of thioether (sulfide) groups is 1. The van der Waals surface area contributed by atoms with Gasteiger partial charge in [0.2, 0.25) is 11.8 Å². The summed E-state index contributed by atoms with van der Waals surface area (Å²) in [7, 11) is 0. The van der Waals surface area contributed by atoms with E-state index in [0.29, 0.717) is 35.7 Å². The van der Waals surface area contributed by atoms with Gasteiger partial charge in [0.1, 0.15) is 11.9 Å². The highest BCUT2D eigenvalue weighted by Gasteiger charge is 2.35. The Hall–Kier alpha value is -3.60.